The summed E-state index contributed by atoms with van der Waals surface area (Å²) in [7, 11) is 1.35. The number of rotatable bonds is 9. The molecule has 0 aromatic heterocycles. The number of hydrogen-bond acceptors (Lipinski definition) is 12. The fourth-order valence-electron chi connectivity index (χ4n) is 0.767. The first-order chi connectivity index (χ1) is 15.7. The largest absolute Gasteiger partial charge is 0.479 e. The van der Waals surface area contributed by atoms with Crippen LogP contribution in [0.1, 0.15) is 48.5 Å². The third kappa shape index (κ3) is 32.8. The Kier molecular flexibility index (Phi) is 32.9. The van der Waals surface area contributed by atoms with Gasteiger partial charge < -0.3 is 55.8 Å². The van der Waals surface area contributed by atoms with E-state index in [1.165, 1.54) is 55.6 Å². The molecule has 0 aliphatic heterocycles. The molecule has 0 saturated heterocycles. The zero-order chi connectivity index (χ0) is 29.0. The molecule has 0 saturated carbocycles. The topological polar surface area (TPSA) is 314 Å². The fraction of sp³-hybridized carbons (Fsp3) is 0.700. The van der Waals surface area contributed by atoms with Crippen molar-refractivity contribution in [3.8, 4) is 0 Å². The summed E-state index contributed by atoms with van der Waals surface area (Å²) in [6.45, 7) is 9.22. The van der Waals surface area contributed by atoms with Gasteiger partial charge in [0.1, 0.15) is 18.3 Å². The van der Waals surface area contributed by atoms with Crippen LogP contribution in [-0.4, -0.2) is 121 Å². The van der Waals surface area contributed by atoms with Crippen molar-refractivity contribution in [2.75, 3.05) is 7.11 Å². The van der Waals surface area contributed by atoms with Gasteiger partial charge in [0, 0.05) is 7.11 Å². The predicted octanol–water partition coefficient (Wildman–Crippen LogP) is -2.82. The highest BCUT2D eigenvalue weighted by atomic mass is 16.6. The summed E-state index contributed by atoms with van der Waals surface area (Å²) >= 11 is 0. The summed E-state index contributed by atoms with van der Waals surface area (Å²) in [5.74, 6) is -5.25. The zero-order valence-corrected chi connectivity index (χ0v) is 21.8. The minimum absolute atomic E-state index is 0. The molecule has 6 unspecified atom stereocenters. The first kappa shape index (κ1) is 47.0. The van der Waals surface area contributed by atoms with Crippen molar-refractivity contribution < 1.29 is 84.6 Å². The van der Waals surface area contributed by atoms with Crippen molar-refractivity contribution in [1.82, 2.24) is 0 Å². The van der Waals surface area contributed by atoms with Gasteiger partial charge in [-0.15, -0.1) is 0 Å². The molecule has 0 aliphatic rings. The van der Waals surface area contributed by atoms with Gasteiger partial charge in [0.05, 0.1) is 0 Å². The number of carbonyl (C=O) groups is 6. The van der Waals surface area contributed by atoms with Crippen molar-refractivity contribution in [2.24, 2.45) is 0 Å². The molecule has 10 N–H and O–H groups in total. The third-order valence-electron chi connectivity index (χ3n) is 3.25. The minimum atomic E-state index is -1.23. The molecule has 0 bridgehead atoms. The van der Waals surface area contributed by atoms with E-state index in [0.29, 0.717) is 0 Å². The maximum Gasteiger partial charge on any atom is 0.347 e. The smallest absolute Gasteiger partial charge is 0.347 e. The number of aliphatic hydroxyl groups excluding tert-OH is 3. The van der Waals surface area contributed by atoms with Gasteiger partial charge in [0.25, 0.3) is 0 Å². The molecule has 0 aromatic rings. The van der Waals surface area contributed by atoms with E-state index in [0.717, 1.165) is 0 Å². The van der Waals surface area contributed by atoms with Gasteiger partial charge >= 0.3 is 29.8 Å². The first-order valence-corrected chi connectivity index (χ1v) is 9.89. The van der Waals surface area contributed by atoms with Crippen LogP contribution in [0.2, 0.25) is 0 Å². The number of aliphatic carboxylic acids is 3. The van der Waals surface area contributed by atoms with Gasteiger partial charge in [-0.3, -0.25) is 4.79 Å². The van der Waals surface area contributed by atoms with Gasteiger partial charge in [0.15, 0.2) is 24.1 Å². The van der Waals surface area contributed by atoms with Gasteiger partial charge in [-0.2, -0.15) is 0 Å². The molecule has 0 rings (SSSR count). The molecule has 0 spiro atoms. The SMILES string of the molecule is CC(O)C(=O)O.CC(O)C(=O)O.CC(O)C(=O)O.COC(C)C(=O)OC(C)C(=O)OC(C)C(C)=O.O.O. The maximum absolute atomic E-state index is 11.4. The van der Waals surface area contributed by atoms with Crippen LogP contribution in [0.5, 0.6) is 0 Å². The molecular formula is C20H40O17. The quantitative estimate of drug-likeness (QED) is 0.157. The average Bonchev–Trinajstić information content (AvgIpc) is 2.73. The van der Waals surface area contributed by atoms with Crippen LogP contribution in [0, 0.1) is 0 Å². The second kappa shape index (κ2) is 25.9. The standard InChI is InChI=1S/C11H18O6.3C3H6O3.2H2O/c1-6(12)7(2)16-11(14)9(4)17-10(13)8(3)15-5;3*1-2(4)3(5)6;;/h7-9H,1-5H3;3*2,4H,1H3,(H,5,6);2*1H2. The molecule has 0 amide bonds. The summed E-state index contributed by atoms with van der Waals surface area (Å²) in [5, 5.41) is 47.3. The highest BCUT2D eigenvalue weighted by molar-refractivity contribution is 5.85. The van der Waals surface area contributed by atoms with Crippen LogP contribution in [0.4, 0.5) is 0 Å². The highest BCUT2D eigenvalue weighted by Crippen LogP contribution is 2.03. The number of carbonyl (C=O) groups excluding carboxylic acids is 3. The summed E-state index contributed by atoms with van der Waals surface area (Å²) in [4.78, 5) is 61.9. The average molecular weight is 553 g/mol. The lowest BCUT2D eigenvalue weighted by atomic mass is 10.3. The van der Waals surface area contributed by atoms with E-state index in [1.807, 2.05) is 0 Å². The molecule has 222 valence electrons. The van der Waals surface area contributed by atoms with Crippen molar-refractivity contribution >= 4 is 35.6 Å². The Morgan fingerprint density at radius 3 is 0.946 bits per heavy atom. The third-order valence-corrected chi connectivity index (χ3v) is 3.25. The van der Waals surface area contributed by atoms with Crippen molar-refractivity contribution in [3.63, 3.8) is 0 Å². The number of carboxylic acid groups (broad SMARTS) is 3. The Morgan fingerprint density at radius 2 is 0.757 bits per heavy atom. The first-order valence-electron chi connectivity index (χ1n) is 9.89. The monoisotopic (exact) mass is 552 g/mol. The summed E-state index contributed by atoms with van der Waals surface area (Å²) in [6, 6.07) is 0. The number of methoxy groups -OCH3 is 1. The minimum Gasteiger partial charge on any atom is -0.479 e. The van der Waals surface area contributed by atoms with Crippen LogP contribution in [-0.2, 0) is 43.0 Å². The zero-order valence-electron chi connectivity index (χ0n) is 21.8. The number of carboxylic acids is 3. The van der Waals surface area contributed by atoms with Crippen LogP contribution in [0.25, 0.3) is 0 Å². The number of hydrogen-bond donors (Lipinski definition) is 6. The van der Waals surface area contributed by atoms with E-state index in [-0.39, 0.29) is 16.7 Å². The Balaban J connectivity index is -0.0000000995. The Hall–Kier alpha value is -3.22. The van der Waals surface area contributed by atoms with Crippen LogP contribution >= 0.6 is 0 Å². The molecule has 17 heteroatoms. The van der Waals surface area contributed by atoms with E-state index in [4.69, 9.17) is 44.8 Å². The molecule has 0 heterocycles. The fourth-order valence-corrected chi connectivity index (χ4v) is 0.767. The number of aliphatic hydroxyl groups is 3. The number of Topliss-reactive ketones (excluding diaryl/α,β-unsaturated/α-hetero) is 1. The highest BCUT2D eigenvalue weighted by Gasteiger charge is 2.25. The van der Waals surface area contributed by atoms with Crippen LogP contribution < -0.4 is 0 Å². The summed E-state index contributed by atoms with van der Waals surface area (Å²) in [5.41, 5.74) is 0. The van der Waals surface area contributed by atoms with Crippen molar-refractivity contribution in [3.05, 3.63) is 0 Å². The lowest BCUT2D eigenvalue weighted by Crippen LogP contribution is -2.34. The molecule has 0 radical (unpaired) electrons. The maximum atomic E-state index is 11.4. The van der Waals surface area contributed by atoms with Crippen LogP contribution in [0.3, 0.4) is 0 Å². The van der Waals surface area contributed by atoms with E-state index in [2.05, 4.69) is 0 Å². The Labute approximate surface area is 213 Å². The van der Waals surface area contributed by atoms with E-state index in [1.54, 1.807) is 0 Å². The molecular weight excluding hydrogens is 512 g/mol. The second-order valence-electron chi connectivity index (χ2n) is 6.69. The summed E-state index contributed by atoms with van der Waals surface area (Å²) in [6.07, 6.45) is -6.36. The Morgan fingerprint density at radius 1 is 0.541 bits per heavy atom. The molecule has 0 aliphatic carbocycles. The van der Waals surface area contributed by atoms with E-state index < -0.39 is 66.5 Å². The van der Waals surface area contributed by atoms with E-state index >= 15 is 0 Å². The normalized spacial score (nSPS) is 13.8. The summed E-state index contributed by atoms with van der Waals surface area (Å²) < 4.78 is 14.3. The number of ether oxygens (including phenoxy) is 3. The van der Waals surface area contributed by atoms with Gasteiger partial charge in [0.2, 0.25) is 0 Å². The van der Waals surface area contributed by atoms with E-state index in [9.17, 15) is 28.8 Å². The molecule has 0 fully saturated rings. The lowest BCUT2D eigenvalue weighted by molar-refractivity contribution is -0.175. The Bertz CT molecular complexity index is 629. The van der Waals surface area contributed by atoms with Gasteiger partial charge in [-0.05, 0) is 48.5 Å². The van der Waals surface area contributed by atoms with Crippen LogP contribution in [0.15, 0.2) is 0 Å². The van der Waals surface area contributed by atoms with Gasteiger partial charge in [-0.25, -0.2) is 24.0 Å². The lowest BCUT2D eigenvalue weighted by Gasteiger charge is -2.17. The van der Waals surface area contributed by atoms with Crippen molar-refractivity contribution in [1.29, 1.82) is 0 Å². The van der Waals surface area contributed by atoms with Gasteiger partial charge in [-0.1, -0.05) is 0 Å². The molecule has 17 nitrogen and oxygen atoms in total. The molecule has 37 heavy (non-hydrogen) atoms. The predicted molar refractivity (Wildman–Crippen MR) is 123 cm³/mol. The number of esters is 2. The second-order valence-corrected chi connectivity index (χ2v) is 6.69. The van der Waals surface area contributed by atoms with Crippen molar-refractivity contribution in [2.45, 2.75) is 85.1 Å². The number of ketones is 1. The molecule has 6 atom stereocenters. The molecule has 0 aromatic carbocycles.